The first-order valence-electron chi connectivity index (χ1n) is 5.42. The fourth-order valence-electron chi connectivity index (χ4n) is 2.04. The average molecular weight is 204 g/mol. The minimum Gasteiger partial charge on any atom is -0.381 e. The molecule has 0 aromatic heterocycles. The summed E-state index contributed by atoms with van der Waals surface area (Å²) in [6, 6.07) is 8.32. The predicted molar refractivity (Wildman–Crippen MR) is 59.0 cm³/mol. The number of ether oxygens (including phenoxy) is 1. The zero-order valence-electron chi connectivity index (χ0n) is 9.03. The van der Waals surface area contributed by atoms with Gasteiger partial charge in [0.1, 0.15) is 5.78 Å². The Kier molecular flexibility index (Phi) is 3.17. The molecule has 1 saturated heterocycles. The lowest BCUT2D eigenvalue weighted by Crippen LogP contribution is -2.01. The van der Waals surface area contributed by atoms with E-state index in [1.807, 2.05) is 12.1 Å². The van der Waals surface area contributed by atoms with Crippen molar-refractivity contribution in [3.8, 4) is 0 Å². The first-order valence-corrected chi connectivity index (χ1v) is 5.42. The maximum atomic E-state index is 11.0. The number of Topliss-reactive ketones (excluding diaryl/α,β-unsaturated/α-hetero) is 1. The van der Waals surface area contributed by atoms with Crippen molar-refractivity contribution in [1.29, 1.82) is 0 Å². The summed E-state index contributed by atoms with van der Waals surface area (Å²) >= 11 is 0. The average Bonchev–Trinajstić information content (AvgIpc) is 2.69. The summed E-state index contributed by atoms with van der Waals surface area (Å²) in [7, 11) is 0. The highest BCUT2D eigenvalue weighted by Crippen LogP contribution is 2.25. The highest BCUT2D eigenvalue weighted by Gasteiger charge is 2.17. The Morgan fingerprint density at radius 2 is 2.40 bits per heavy atom. The Morgan fingerprint density at radius 1 is 1.53 bits per heavy atom. The van der Waals surface area contributed by atoms with E-state index in [2.05, 4.69) is 12.1 Å². The zero-order valence-corrected chi connectivity index (χ0v) is 9.03. The topological polar surface area (TPSA) is 26.3 Å². The van der Waals surface area contributed by atoms with Crippen molar-refractivity contribution < 1.29 is 9.53 Å². The molecule has 0 radical (unpaired) electrons. The molecule has 1 unspecified atom stereocenters. The van der Waals surface area contributed by atoms with Crippen LogP contribution in [0.1, 0.15) is 30.4 Å². The molecule has 1 aliphatic rings. The largest absolute Gasteiger partial charge is 0.381 e. The van der Waals surface area contributed by atoms with Crippen molar-refractivity contribution in [2.24, 2.45) is 0 Å². The molecule has 1 atom stereocenters. The van der Waals surface area contributed by atoms with Crippen LogP contribution in [0, 0.1) is 0 Å². The molecular formula is C13H16O2. The van der Waals surface area contributed by atoms with Crippen LogP contribution < -0.4 is 0 Å². The van der Waals surface area contributed by atoms with Crippen LogP contribution in [0.4, 0.5) is 0 Å². The molecule has 15 heavy (non-hydrogen) atoms. The molecule has 2 heteroatoms. The van der Waals surface area contributed by atoms with Gasteiger partial charge in [0.2, 0.25) is 0 Å². The maximum Gasteiger partial charge on any atom is 0.134 e. The number of carbonyl (C=O) groups excluding carboxylic acids is 1. The van der Waals surface area contributed by atoms with Crippen LogP contribution in [-0.2, 0) is 16.0 Å². The molecule has 0 amide bonds. The van der Waals surface area contributed by atoms with E-state index in [9.17, 15) is 4.79 Å². The number of ketones is 1. The van der Waals surface area contributed by atoms with Crippen LogP contribution >= 0.6 is 0 Å². The Balaban J connectivity index is 2.14. The molecule has 1 aromatic rings. The van der Waals surface area contributed by atoms with Crippen molar-refractivity contribution in [3.63, 3.8) is 0 Å². The summed E-state index contributed by atoms with van der Waals surface area (Å²) in [5, 5.41) is 0. The van der Waals surface area contributed by atoms with Crippen molar-refractivity contribution in [2.75, 3.05) is 13.2 Å². The monoisotopic (exact) mass is 204 g/mol. The molecule has 2 rings (SSSR count). The third kappa shape index (κ3) is 2.66. The van der Waals surface area contributed by atoms with E-state index in [-0.39, 0.29) is 5.78 Å². The Labute approximate surface area is 90.3 Å². The van der Waals surface area contributed by atoms with E-state index < -0.39 is 0 Å². The number of rotatable bonds is 3. The summed E-state index contributed by atoms with van der Waals surface area (Å²) in [5.41, 5.74) is 2.43. The molecular weight excluding hydrogens is 188 g/mol. The van der Waals surface area contributed by atoms with E-state index >= 15 is 0 Å². The minimum absolute atomic E-state index is 0.217. The molecule has 1 heterocycles. The first-order chi connectivity index (χ1) is 7.25. The van der Waals surface area contributed by atoms with E-state index in [1.165, 1.54) is 5.56 Å². The SMILES string of the molecule is CC(=O)Cc1cccc(C2CCOC2)c1. The summed E-state index contributed by atoms with van der Waals surface area (Å²) < 4.78 is 5.37. The lowest BCUT2D eigenvalue weighted by Gasteiger charge is -2.09. The van der Waals surface area contributed by atoms with E-state index in [0.29, 0.717) is 12.3 Å². The van der Waals surface area contributed by atoms with Gasteiger partial charge in [0.25, 0.3) is 0 Å². The Bertz CT molecular complexity index is 351. The van der Waals surface area contributed by atoms with Gasteiger partial charge in [0.15, 0.2) is 0 Å². The van der Waals surface area contributed by atoms with Crippen molar-refractivity contribution in [1.82, 2.24) is 0 Å². The second-order valence-electron chi connectivity index (χ2n) is 4.18. The highest BCUT2D eigenvalue weighted by molar-refractivity contribution is 5.78. The Morgan fingerprint density at radius 3 is 3.07 bits per heavy atom. The fourth-order valence-corrected chi connectivity index (χ4v) is 2.04. The molecule has 2 nitrogen and oxygen atoms in total. The Hall–Kier alpha value is -1.15. The lowest BCUT2D eigenvalue weighted by molar-refractivity contribution is -0.116. The molecule has 0 N–H and O–H groups in total. The molecule has 0 bridgehead atoms. The molecule has 1 aliphatic heterocycles. The first kappa shape index (κ1) is 10.4. The van der Waals surface area contributed by atoms with Gasteiger partial charge in [-0.1, -0.05) is 24.3 Å². The van der Waals surface area contributed by atoms with Crippen molar-refractivity contribution in [3.05, 3.63) is 35.4 Å². The van der Waals surface area contributed by atoms with Crippen molar-refractivity contribution in [2.45, 2.75) is 25.7 Å². The zero-order chi connectivity index (χ0) is 10.7. The third-order valence-electron chi connectivity index (χ3n) is 2.81. The van der Waals surface area contributed by atoms with Crippen LogP contribution in [-0.4, -0.2) is 19.0 Å². The summed E-state index contributed by atoms with van der Waals surface area (Å²) in [5.74, 6) is 0.742. The van der Waals surface area contributed by atoms with Crippen LogP contribution in [0.2, 0.25) is 0 Å². The second kappa shape index (κ2) is 4.58. The third-order valence-corrected chi connectivity index (χ3v) is 2.81. The van der Waals surface area contributed by atoms with Gasteiger partial charge in [-0.25, -0.2) is 0 Å². The molecule has 0 aliphatic carbocycles. The van der Waals surface area contributed by atoms with E-state index in [1.54, 1.807) is 6.92 Å². The maximum absolute atomic E-state index is 11.0. The van der Waals surface area contributed by atoms with Crippen LogP contribution in [0.25, 0.3) is 0 Å². The van der Waals surface area contributed by atoms with Crippen molar-refractivity contribution >= 4 is 5.78 Å². The molecule has 0 saturated carbocycles. The van der Waals surface area contributed by atoms with Gasteiger partial charge >= 0.3 is 0 Å². The smallest absolute Gasteiger partial charge is 0.134 e. The van der Waals surface area contributed by atoms with Gasteiger partial charge in [-0.05, 0) is 24.5 Å². The normalized spacial score (nSPS) is 20.5. The standard InChI is InChI=1S/C13H16O2/c1-10(14)7-11-3-2-4-12(8-11)13-5-6-15-9-13/h2-4,8,13H,5-7,9H2,1H3. The molecule has 0 spiro atoms. The number of hydrogen-bond acceptors (Lipinski definition) is 2. The van der Waals surface area contributed by atoms with Gasteiger partial charge in [0, 0.05) is 18.9 Å². The summed E-state index contributed by atoms with van der Waals surface area (Å²) in [4.78, 5) is 11.0. The van der Waals surface area contributed by atoms with E-state index in [4.69, 9.17) is 4.74 Å². The van der Waals surface area contributed by atoms with Gasteiger partial charge < -0.3 is 4.74 Å². The minimum atomic E-state index is 0.217. The van der Waals surface area contributed by atoms with E-state index in [0.717, 1.165) is 25.2 Å². The fraction of sp³-hybridized carbons (Fsp3) is 0.462. The quantitative estimate of drug-likeness (QED) is 0.755. The lowest BCUT2D eigenvalue weighted by atomic mass is 9.95. The van der Waals surface area contributed by atoms with Crippen LogP contribution in [0.3, 0.4) is 0 Å². The highest BCUT2D eigenvalue weighted by atomic mass is 16.5. The summed E-state index contributed by atoms with van der Waals surface area (Å²) in [6.07, 6.45) is 1.64. The van der Waals surface area contributed by atoms with Gasteiger partial charge in [-0.15, -0.1) is 0 Å². The number of benzene rings is 1. The van der Waals surface area contributed by atoms with Gasteiger partial charge in [-0.2, -0.15) is 0 Å². The van der Waals surface area contributed by atoms with Gasteiger partial charge in [0.05, 0.1) is 6.61 Å². The number of hydrogen-bond donors (Lipinski definition) is 0. The number of carbonyl (C=O) groups is 1. The summed E-state index contributed by atoms with van der Waals surface area (Å²) in [6.45, 7) is 3.32. The van der Waals surface area contributed by atoms with Crippen LogP contribution in [0.5, 0.6) is 0 Å². The van der Waals surface area contributed by atoms with Crippen LogP contribution in [0.15, 0.2) is 24.3 Å². The second-order valence-corrected chi connectivity index (χ2v) is 4.18. The molecule has 1 fully saturated rings. The van der Waals surface area contributed by atoms with Gasteiger partial charge in [-0.3, -0.25) is 4.79 Å². The molecule has 1 aromatic carbocycles. The predicted octanol–water partition coefficient (Wildman–Crippen LogP) is 2.32. The molecule has 80 valence electrons.